The van der Waals surface area contributed by atoms with E-state index in [1.54, 1.807) is 0 Å². The molecule has 0 spiro atoms. The Bertz CT molecular complexity index is 679. The predicted octanol–water partition coefficient (Wildman–Crippen LogP) is 3.72. The number of ether oxygens (including phenoxy) is 1. The lowest BCUT2D eigenvalue weighted by atomic mass is 10.0. The highest BCUT2D eigenvalue weighted by Crippen LogP contribution is 2.24. The summed E-state index contributed by atoms with van der Waals surface area (Å²) in [6, 6.07) is 18.3. The van der Waals surface area contributed by atoms with Gasteiger partial charge in [-0.2, -0.15) is 0 Å². The van der Waals surface area contributed by atoms with Crippen LogP contribution in [0.5, 0.6) is 5.75 Å². The maximum Gasteiger partial charge on any atom is 0.258 e. The van der Waals surface area contributed by atoms with Crippen molar-refractivity contribution in [3.63, 3.8) is 0 Å². The third-order valence-electron chi connectivity index (χ3n) is 4.90. The van der Waals surface area contributed by atoms with Crippen LogP contribution < -0.4 is 10.1 Å². The number of para-hydroxylation sites is 1. The quantitative estimate of drug-likeness (QED) is 0.826. The van der Waals surface area contributed by atoms with Crippen molar-refractivity contribution in [1.82, 2.24) is 10.2 Å². The molecule has 0 aliphatic carbocycles. The fourth-order valence-corrected chi connectivity index (χ4v) is 3.40. The number of carbonyl (C=O) groups excluding carboxylic acids is 1. The van der Waals surface area contributed by atoms with Gasteiger partial charge in [-0.15, -0.1) is 0 Å². The summed E-state index contributed by atoms with van der Waals surface area (Å²) in [5.41, 5.74) is 2.52. The van der Waals surface area contributed by atoms with Crippen LogP contribution in [-0.4, -0.2) is 37.0 Å². The van der Waals surface area contributed by atoms with Gasteiger partial charge in [-0.25, -0.2) is 0 Å². The van der Waals surface area contributed by atoms with Gasteiger partial charge < -0.3 is 10.1 Å². The zero-order valence-corrected chi connectivity index (χ0v) is 15.5. The molecular weight excluding hydrogens is 324 g/mol. The molecule has 0 unspecified atom stereocenters. The Morgan fingerprint density at radius 3 is 2.42 bits per heavy atom. The molecule has 1 fully saturated rings. The molecular formula is C22H28N2O2. The first-order valence-electron chi connectivity index (χ1n) is 9.47. The number of rotatable bonds is 7. The molecule has 138 valence electrons. The fraction of sp³-hybridized carbons (Fsp3) is 0.409. The number of piperidine rings is 1. The summed E-state index contributed by atoms with van der Waals surface area (Å²) in [6.07, 6.45) is 3.76. The fourth-order valence-electron chi connectivity index (χ4n) is 3.40. The van der Waals surface area contributed by atoms with Crippen molar-refractivity contribution in [3.8, 4) is 5.75 Å². The first-order chi connectivity index (χ1) is 12.7. The maximum absolute atomic E-state index is 12.2. The Kier molecular flexibility index (Phi) is 6.67. The second kappa shape index (κ2) is 9.39. The van der Waals surface area contributed by atoms with Crippen molar-refractivity contribution in [2.75, 3.05) is 26.2 Å². The molecule has 0 bridgehead atoms. The molecule has 2 aromatic carbocycles. The van der Waals surface area contributed by atoms with Crippen LogP contribution in [0.4, 0.5) is 0 Å². The molecule has 1 saturated heterocycles. The second-order valence-electron chi connectivity index (χ2n) is 6.93. The van der Waals surface area contributed by atoms with Gasteiger partial charge in [0.05, 0.1) is 6.04 Å². The van der Waals surface area contributed by atoms with Gasteiger partial charge in [-0.3, -0.25) is 9.69 Å². The third kappa shape index (κ3) is 5.33. The number of carbonyl (C=O) groups is 1. The molecule has 1 aliphatic rings. The first-order valence-corrected chi connectivity index (χ1v) is 9.47. The molecule has 4 nitrogen and oxygen atoms in total. The average molecular weight is 352 g/mol. The highest BCUT2D eigenvalue weighted by molar-refractivity contribution is 5.77. The number of aryl methyl sites for hydroxylation is 1. The number of amides is 1. The number of nitrogens with zero attached hydrogens (tertiary/aromatic N) is 1. The van der Waals surface area contributed by atoms with Crippen LogP contribution in [0.3, 0.4) is 0 Å². The van der Waals surface area contributed by atoms with E-state index in [1.165, 1.54) is 30.4 Å². The molecule has 1 atom stereocenters. The Hall–Kier alpha value is -2.33. The number of likely N-dealkylation sites (tertiary alicyclic amines) is 1. The summed E-state index contributed by atoms with van der Waals surface area (Å²) in [6.45, 7) is 4.94. The standard InChI is InChI=1S/C22H28N2O2/c1-18-10-12-19(13-11-18)21(24-14-6-3-7-15-24)16-23-22(25)17-26-20-8-4-2-5-9-20/h2,4-5,8-13,21H,3,6-7,14-17H2,1H3,(H,23,25)/t21-/m1/s1. The summed E-state index contributed by atoms with van der Waals surface area (Å²) in [4.78, 5) is 14.7. The normalized spacial score (nSPS) is 16.0. The minimum absolute atomic E-state index is 0.0463. The van der Waals surface area contributed by atoms with Gasteiger partial charge in [0.15, 0.2) is 6.61 Å². The zero-order chi connectivity index (χ0) is 18.2. The van der Waals surface area contributed by atoms with E-state index in [1.807, 2.05) is 30.3 Å². The van der Waals surface area contributed by atoms with Crippen LogP contribution in [0.1, 0.15) is 36.4 Å². The molecule has 2 aromatic rings. The predicted molar refractivity (Wildman–Crippen MR) is 104 cm³/mol. The molecule has 0 aromatic heterocycles. The lowest BCUT2D eigenvalue weighted by Crippen LogP contribution is -2.41. The monoisotopic (exact) mass is 352 g/mol. The van der Waals surface area contributed by atoms with Crippen molar-refractivity contribution < 1.29 is 9.53 Å². The van der Waals surface area contributed by atoms with E-state index in [4.69, 9.17) is 4.74 Å². The molecule has 1 N–H and O–H groups in total. The van der Waals surface area contributed by atoms with E-state index in [0.29, 0.717) is 12.3 Å². The highest BCUT2D eigenvalue weighted by Gasteiger charge is 2.22. The van der Waals surface area contributed by atoms with E-state index < -0.39 is 0 Å². The molecule has 4 heteroatoms. The smallest absolute Gasteiger partial charge is 0.258 e. The first kappa shape index (κ1) is 18.5. The molecule has 0 saturated carbocycles. The van der Waals surface area contributed by atoms with Gasteiger partial charge in [0.1, 0.15) is 5.75 Å². The van der Waals surface area contributed by atoms with Crippen LogP contribution in [-0.2, 0) is 4.79 Å². The van der Waals surface area contributed by atoms with Crippen molar-refractivity contribution in [2.24, 2.45) is 0 Å². The van der Waals surface area contributed by atoms with Gasteiger partial charge in [0.2, 0.25) is 0 Å². The zero-order valence-electron chi connectivity index (χ0n) is 15.5. The van der Waals surface area contributed by atoms with Gasteiger partial charge >= 0.3 is 0 Å². The van der Waals surface area contributed by atoms with Gasteiger partial charge in [0, 0.05) is 6.54 Å². The Labute approximate surface area is 156 Å². The summed E-state index contributed by atoms with van der Waals surface area (Å²) in [7, 11) is 0. The van der Waals surface area contributed by atoms with Gasteiger partial charge in [-0.1, -0.05) is 54.4 Å². The molecule has 1 heterocycles. The van der Waals surface area contributed by atoms with Gasteiger partial charge in [-0.05, 0) is 50.6 Å². The summed E-state index contributed by atoms with van der Waals surface area (Å²) in [5.74, 6) is 0.636. The number of hydrogen-bond donors (Lipinski definition) is 1. The van der Waals surface area contributed by atoms with E-state index in [9.17, 15) is 4.79 Å². The summed E-state index contributed by atoms with van der Waals surface area (Å²) in [5, 5.41) is 3.06. The highest BCUT2D eigenvalue weighted by atomic mass is 16.5. The Balaban J connectivity index is 1.58. The van der Waals surface area contributed by atoms with Crippen molar-refractivity contribution in [1.29, 1.82) is 0 Å². The molecule has 1 aliphatic heterocycles. The van der Waals surface area contributed by atoms with Crippen LogP contribution in [0.15, 0.2) is 54.6 Å². The topological polar surface area (TPSA) is 41.6 Å². The lowest BCUT2D eigenvalue weighted by molar-refractivity contribution is -0.123. The maximum atomic E-state index is 12.2. The van der Waals surface area contributed by atoms with Crippen LogP contribution >= 0.6 is 0 Å². The Morgan fingerprint density at radius 1 is 1.04 bits per heavy atom. The van der Waals surface area contributed by atoms with Gasteiger partial charge in [0.25, 0.3) is 5.91 Å². The SMILES string of the molecule is Cc1ccc([C@@H](CNC(=O)COc2ccccc2)N2CCCCC2)cc1. The number of nitrogens with one attached hydrogen (secondary N) is 1. The van der Waals surface area contributed by atoms with E-state index in [0.717, 1.165) is 13.1 Å². The van der Waals surface area contributed by atoms with Crippen molar-refractivity contribution in [2.45, 2.75) is 32.2 Å². The number of hydrogen-bond acceptors (Lipinski definition) is 3. The number of benzene rings is 2. The molecule has 26 heavy (non-hydrogen) atoms. The summed E-state index contributed by atoms with van der Waals surface area (Å²) < 4.78 is 5.54. The Morgan fingerprint density at radius 2 is 1.73 bits per heavy atom. The minimum atomic E-state index is -0.0806. The van der Waals surface area contributed by atoms with E-state index >= 15 is 0 Å². The molecule has 3 rings (SSSR count). The van der Waals surface area contributed by atoms with Crippen LogP contribution in [0.2, 0.25) is 0 Å². The van der Waals surface area contributed by atoms with Crippen LogP contribution in [0, 0.1) is 6.92 Å². The largest absolute Gasteiger partial charge is 0.484 e. The molecule has 0 radical (unpaired) electrons. The minimum Gasteiger partial charge on any atom is -0.484 e. The summed E-state index contributed by atoms with van der Waals surface area (Å²) >= 11 is 0. The third-order valence-corrected chi connectivity index (χ3v) is 4.90. The second-order valence-corrected chi connectivity index (χ2v) is 6.93. The van der Waals surface area contributed by atoms with Crippen molar-refractivity contribution >= 4 is 5.91 Å². The average Bonchev–Trinajstić information content (AvgIpc) is 2.69. The van der Waals surface area contributed by atoms with E-state index in [-0.39, 0.29) is 18.6 Å². The van der Waals surface area contributed by atoms with Crippen LogP contribution in [0.25, 0.3) is 0 Å². The van der Waals surface area contributed by atoms with Crippen molar-refractivity contribution in [3.05, 3.63) is 65.7 Å². The van der Waals surface area contributed by atoms with E-state index in [2.05, 4.69) is 41.4 Å². The lowest BCUT2D eigenvalue weighted by Gasteiger charge is -2.35. The molecule has 1 amide bonds.